The third-order valence-corrected chi connectivity index (χ3v) is 5.66. The van der Waals surface area contributed by atoms with Crippen LogP contribution in [0, 0.1) is 0 Å². The van der Waals surface area contributed by atoms with Crippen LogP contribution in [0.2, 0.25) is 4.34 Å². The van der Waals surface area contributed by atoms with Crippen LogP contribution < -0.4 is 4.90 Å². The molecule has 0 spiro atoms. The van der Waals surface area contributed by atoms with Crippen LogP contribution in [-0.2, 0) is 11.2 Å². The molecule has 124 valence electrons. The van der Waals surface area contributed by atoms with Crippen molar-refractivity contribution in [3.05, 3.63) is 34.6 Å². The quantitative estimate of drug-likeness (QED) is 0.727. The van der Waals surface area contributed by atoms with Gasteiger partial charge in [0, 0.05) is 36.9 Å². The number of thiophene rings is 1. The molecule has 9 heteroatoms. The topological polar surface area (TPSA) is 79.2 Å². The normalized spacial score (nSPS) is 10.8. The van der Waals surface area contributed by atoms with E-state index in [2.05, 4.69) is 15.0 Å². The van der Waals surface area contributed by atoms with Gasteiger partial charge in [0.15, 0.2) is 0 Å². The maximum absolute atomic E-state index is 11.1. The number of halogens is 1. The van der Waals surface area contributed by atoms with Crippen molar-refractivity contribution in [2.24, 2.45) is 0 Å². The molecule has 0 atom stereocenters. The van der Waals surface area contributed by atoms with Crippen LogP contribution >= 0.6 is 34.3 Å². The third-order valence-electron chi connectivity index (χ3n) is 3.10. The number of aromatic nitrogens is 3. The molecule has 0 unspecified atom stereocenters. The number of thiazole rings is 1. The van der Waals surface area contributed by atoms with E-state index in [-0.39, 0.29) is 6.42 Å². The molecule has 0 saturated heterocycles. The molecule has 0 bridgehead atoms. The molecule has 0 amide bonds. The van der Waals surface area contributed by atoms with Gasteiger partial charge in [0.05, 0.1) is 21.3 Å². The fourth-order valence-corrected chi connectivity index (χ4v) is 4.26. The summed E-state index contributed by atoms with van der Waals surface area (Å²) < 4.78 is 0.653. The van der Waals surface area contributed by atoms with Crippen molar-refractivity contribution < 1.29 is 9.90 Å². The fourth-order valence-electron chi connectivity index (χ4n) is 2.03. The Hall–Kier alpha value is -2.03. The van der Waals surface area contributed by atoms with Gasteiger partial charge in [-0.15, -0.1) is 22.7 Å². The summed E-state index contributed by atoms with van der Waals surface area (Å²) in [6, 6.07) is 3.67. The smallest absolute Gasteiger partial charge is 0.309 e. The Morgan fingerprint density at radius 1 is 1.25 bits per heavy atom. The number of carboxylic acids is 1. The molecule has 0 aliphatic rings. The van der Waals surface area contributed by atoms with E-state index >= 15 is 0 Å². The van der Waals surface area contributed by atoms with E-state index in [0.29, 0.717) is 21.0 Å². The van der Waals surface area contributed by atoms with Gasteiger partial charge in [0.25, 0.3) is 0 Å². The van der Waals surface area contributed by atoms with Crippen molar-refractivity contribution in [3.63, 3.8) is 0 Å². The minimum atomic E-state index is -0.921. The lowest BCUT2D eigenvalue weighted by Crippen LogP contribution is -2.12. The zero-order chi connectivity index (χ0) is 17.3. The summed E-state index contributed by atoms with van der Waals surface area (Å²) >= 11 is 8.82. The van der Waals surface area contributed by atoms with Crippen LogP contribution in [0.15, 0.2) is 24.5 Å². The molecular formula is C15H13ClN4O2S2. The Bertz CT molecular complexity index is 874. The lowest BCUT2D eigenvalue weighted by Gasteiger charge is -2.08. The highest BCUT2D eigenvalue weighted by Gasteiger charge is 2.18. The molecule has 0 saturated carbocycles. The van der Waals surface area contributed by atoms with E-state index < -0.39 is 5.97 Å². The second-order valence-electron chi connectivity index (χ2n) is 5.14. The van der Waals surface area contributed by atoms with Crippen LogP contribution in [0.1, 0.15) is 5.69 Å². The predicted molar refractivity (Wildman–Crippen MR) is 97.1 cm³/mol. The predicted octanol–water partition coefficient (Wildman–Crippen LogP) is 3.68. The first-order valence-corrected chi connectivity index (χ1v) is 8.92. The first-order valence-electron chi connectivity index (χ1n) is 6.91. The second kappa shape index (κ2) is 6.84. The molecule has 1 N–H and O–H groups in total. The number of hydrogen-bond donors (Lipinski definition) is 1. The van der Waals surface area contributed by atoms with Crippen molar-refractivity contribution >= 4 is 46.2 Å². The van der Waals surface area contributed by atoms with Crippen molar-refractivity contribution in [1.82, 2.24) is 15.0 Å². The van der Waals surface area contributed by atoms with E-state index in [9.17, 15) is 4.79 Å². The number of carboxylic acid groups (broad SMARTS) is 1. The summed E-state index contributed by atoms with van der Waals surface area (Å²) in [6.45, 7) is 0. The number of rotatable bonds is 5. The minimum Gasteiger partial charge on any atom is -0.481 e. The van der Waals surface area contributed by atoms with E-state index in [1.54, 1.807) is 23.4 Å². The molecule has 6 nitrogen and oxygen atoms in total. The SMILES string of the molecule is CN(C)c1ncc(-c2nc(CC(=O)O)c(-c3ccc(Cl)s3)s2)cn1. The highest BCUT2D eigenvalue weighted by molar-refractivity contribution is 7.25. The monoisotopic (exact) mass is 380 g/mol. The molecular weight excluding hydrogens is 368 g/mol. The number of hydrogen-bond acceptors (Lipinski definition) is 7. The maximum atomic E-state index is 11.1. The largest absolute Gasteiger partial charge is 0.481 e. The van der Waals surface area contributed by atoms with Gasteiger partial charge >= 0.3 is 5.97 Å². The van der Waals surface area contributed by atoms with Crippen LogP contribution in [0.5, 0.6) is 0 Å². The van der Waals surface area contributed by atoms with Gasteiger partial charge in [-0.05, 0) is 12.1 Å². The van der Waals surface area contributed by atoms with Crippen LogP contribution in [-0.4, -0.2) is 40.1 Å². The minimum absolute atomic E-state index is 0.141. The van der Waals surface area contributed by atoms with E-state index in [0.717, 1.165) is 15.3 Å². The Labute approximate surface area is 151 Å². The molecule has 0 fully saturated rings. The molecule has 0 aliphatic heterocycles. The fraction of sp³-hybridized carbons (Fsp3) is 0.200. The van der Waals surface area contributed by atoms with Gasteiger partial charge in [0.1, 0.15) is 5.01 Å². The van der Waals surface area contributed by atoms with Crippen molar-refractivity contribution in [2.75, 3.05) is 19.0 Å². The molecule has 0 radical (unpaired) electrons. The first kappa shape index (κ1) is 16.8. The average molecular weight is 381 g/mol. The Morgan fingerprint density at radius 3 is 2.50 bits per heavy atom. The highest BCUT2D eigenvalue weighted by atomic mass is 35.5. The van der Waals surface area contributed by atoms with Gasteiger partial charge in [-0.1, -0.05) is 11.6 Å². The molecule has 3 heterocycles. The molecule has 3 aromatic rings. The maximum Gasteiger partial charge on any atom is 0.309 e. The third kappa shape index (κ3) is 3.55. The Morgan fingerprint density at radius 2 is 1.96 bits per heavy atom. The highest BCUT2D eigenvalue weighted by Crippen LogP contribution is 2.40. The summed E-state index contributed by atoms with van der Waals surface area (Å²) in [7, 11) is 3.73. The molecule has 24 heavy (non-hydrogen) atoms. The number of anilines is 1. The van der Waals surface area contributed by atoms with Crippen molar-refractivity contribution in [1.29, 1.82) is 0 Å². The first-order chi connectivity index (χ1) is 11.4. The Kier molecular flexibility index (Phi) is 4.79. The zero-order valence-electron chi connectivity index (χ0n) is 12.9. The van der Waals surface area contributed by atoms with Crippen LogP contribution in [0.3, 0.4) is 0 Å². The molecule has 0 aliphatic carbocycles. The number of nitrogens with zero attached hydrogens (tertiary/aromatic N) is 4. The van der Waals surface area contributed by atoms with Crippen molar-refractivity contribution in [2.45, 2.75) is 6.42 Å². The van der Waals surface area contributed by atoms with Gasteiger partial charge in [-0.3, -0.25) is 4.79 Å². The second-order valence-corrected chi connectivity index (χ2v) is 7.85. The summed E-state index contributed by atoms with van der Waals surface area (Å²) in [5.74, 6) is -0.318. The lowest BCUT2D eigenvalue weighted by atomic mass is 10.2. The van der Waals surface area contributed by atoms with E-state index in [4.69, 9.17) is 16.7 Å². The summed E-state index contributed by atoms with van der Waals surface area (Å²) in [6.07, 6.45) is 3.24. The van der Waals surface area contributed by atoms with Crippen LogP contribution in [0.4, 0.5) is 5.95 Å². The lowest BCUT2D eigenvalue weighted by molar-refractivity contribution is -0.136. The zero-order valence-corrected chi connectivity index (χ0v) is 15.2. The van der Waals surface area contributed by atoms with Crippen molar-refractivity contribution in [3.8, 4) is 20.3 Å². The molecule has 0 aromatic carbocycles. The van der Waals surface area contributed by atoms with E-state index in [1.165, 1.54) is 22.7 Å². The van der Waals surface area contributed by atoms with Crippen LogP contribution in [0.25, 0.3) is 20.3 Å². The number of carbonyl (C=O) groups is 1. The van der Waals surface area contributed by atoms with E-state index in [1.807, 2.05) is 20.2 Å². The summed E-state index contributed by atoms with van der Waals surface area (Å²) in [5.41, 5.74) is 1.28. The standard InChI is InChI=1S/C15H13ClN4O2S2/c1-20(2)15-17-6-8(7-18-15)14-19-9(5-12(21)22)13(24-14)10-3-4-11(16)23-10/h3-4,6-7H,5H2,1-2H3,(H,21,22). The molecule has 3 aromatic heterocycles. The van der Waals surface area contributed by atoms with Gasteiger partial charge in [-0.2, -0.15) is 0 Å². The summed E-state index contributed by atoms with van der Waals surface area (Å²) in [4.78, 5) is 27.7. The van der Waals surface area contributed by atoms with Gasteiger partial charge in [-0.25, -0.2) is 15.0 Å². The van der Waals surface area contributed by atoms with Gasteiger partial charge in [0.2, 0.25) is 5.95 Å². The Balaban J connectivity index is 2.02. The van der Waals surface area contributed by atoms with Gasteiger partial charge < -0.3 is 10.0 Å². The number of aliphatic carboxylic acids is 1. The summed E-state index contributed by atoms with van der Waals surface area (Å²) in [5, 5.41) is 9.82. The average Bonchev–Trinajstić information content (AvgIpc) is 3.13. The molecule has 3 rings (SSSR count).